The van der Waals surface area contributed by atoms with Crippen molar-refractivity contribution in [2.45, 2.75) is 17.4 Å². The minimum atomic E-state index is -0.928. The Bertz CT molecular complexity index is 312. The van der Waals surface area contributed by atoms with Gasteiger partial charge in [0.05, 0.1) is 12.1 Å². The second-order valence-corrected chi connectivity index (χ2v) is 3.73. The van der Waals surface area contributed by atoms with Crippen LogP contribution >= 0.6 is 12.6 Å². The maximum atomic E-state index is 9.60. The van der Waals surface area contributed by atoms with Gasteiger partial charge in [0.2, 0.25) is 0 Å². The molecule has 0 saturated carbocycles. The summed E-state index contributed by atoms with van der Waals surface area (Å²) in [6, 6.07) is 5.07. The average Bonchev–Trinajstić information content (AvgIpc) is 2.09. The fraction of sp³-hybridized carbons (Fsp3) is 0.333. The quantitative estimate of drug-likeness (QED) is 0.534. The van der Waals surface area contributed by atoms with Crippen LogP contribution in [0.1, 0.15) is 12.5 Å². The van der Waals surface area contributed by atoms with Gasteiger partial charge in [-0.2, -0.15) is 0 Å². The van der Waals surface area contributed by atoms with Crippen molar-refractivity contribution in [3.8, 4) is 5.75 Å². The number of benzene rings is 1. The summed E-state index contributed by atoms with van der Waals surface area (Å²) in [4.78, 5) is 0.461. The molecule has 0 heterocycles. The Morgan fingerprint density at radius 2 is 2.15 bits per heavy atom. The highest BCUT2D eigenvalue weighted by atomic mass is 32.1. The molecule has 0 aliphatic heterocycles. The molecule has 0 fully saturated rings. The number of hydrogen-bond acceptors (Lipinski definition) is 4. The van der Waals surface area contributed by atoms with E-state index in [1.165, 1.54) is 0 Å². The number of phenolic OH excluding ortho intramolecular Hbond substituents is 1. The number of aliphatic hydroxyl groups is 1. The van der Waals surface area contributed by atoms with Gasteiger partial charge in [0.25, 0.3) is 0 Å². The van der Waals surface area contributed by atoms with Crippen molar-refractivity contribution in [2.75, 3.05) is 6.61 Å². The Labute approximate surface area is 82.6 Å². The molecule has 0 bridgehead atoms. The SMILES string of the molecule is C[C@](N)(CO)c1cccc(S)c1O. The number of phenols is 1. The van der Waals surface area contributed by atoms with Gasteiger partial charge in [0, 0.05) is 10.5 Å². The summed E-state index contributed by atoms with van der Waals surface area (Å²) in [7, 11) is 0. The van der Waals surface area contributed by atoms with E-state index in [4.69, 9.17) is 10.8 Å². The van der Waals surface area contributed by atoms with Crippen molar-refractivity contribution in [1.82, 2.24) is 0 Å². The molecule has 1 rings (SSSR count). The van der Waals surface area contributed by atoms with Crippen LogP contribution in [0, 0.1) is 0 Å². The standard InChI is InChI=1S/C9H13NO2S/c1-9(10,5-11)6-3-2-4-7(13)8(6)12/h2-4,11-13H,5,10H2,1H3/t9-/m0/s1. The molecular formula is C9H13NO2S. The van der Waals surface area contributed by atoms with Gasteiger partial charge in [-0.15, -0.1) is 12.6 Å². The Morgan fingerprint density at radius 3 is 2.69 bits per heavy atom. The van der Waals surface area contributed by atoms with Crippen LogP contribution in [0.15, 0.2) is 23.1 Å². The van der Waals surface area contributed by atoms with E-state index in [1.807, 2.05) is 0 Å². The summed E-state index contributed by atoms with van der Waals surface area (Å²) in [6.07, 6.45) is 0. The smallest absolute Gasteiger partial charge is 0.134 e. The van der Waals surface area contributed by atoms with E-state index in [0.29, 0.717) is 10.5 Å². The third-order valence-corrected chi connectivity index (χ3v) is 2.32. The molecule has 0 aromatic heterocycles. The largest absolute Gasteiger partial charge is 0.506 e. The van der Waals surface area contributed by atoms with E-state index in [0.717, 1.165) is 0 Å². The van der Waals surface area contributed by atoms with E-state index in [9.17, 15) is 5.11 Å². The first-order valence-corrected chi connectivity index (χ1v) is 4.35. The number of aromatic hydroxyl groups is 1. The fourth-order valence-corrected chi connectivity index (χ4v) is 1.28. The third kappa shape index (κ3) is 1.96. The maximum Gasteiger partial charge on any atom is 0.134 e. The summed E-state index contributed by atoms with van der Waals surface area (Å²) in [5.74, 6) is 0.0323. The van der Waals surface area contributed by atoms with Gasteiger partial charge in [-0.3, -0.25) is 0 Å². The lowest BCUT2D eigenvalue weighted by molar-refractivity contribution is 0.206. The number of aliphatic hydroxyl groups excluding tert-OH is 1. The lowest BCUT2D eigenvalue weighted by Crippen LogP contribution is -2.37. The summed E-state index contributed by atoms with van der Waals surface area (Å²) < 4.78 is 0. The first-order valence-electron chi connectivity index (χ1n) is 3.90. The van der Waals surface area contributed by atoms with Gasteiger partial charge in [-0.05, 0) is 13.0 Å². The van der Waals surface area contributed by atoms with Gasteiger partial charge >= 0.3 is 0 Å². The predicted molar refractivity (Wildman–Crippen MR) is 54.0 cm³/mol. The zero-order chi connectivity index (χ0) is 10.1. The average molecular weight is 199 g/mol. The minimum absolute atomic E-state index is 0.0323. The predicted octanol–water partition coefficient (Wildman–Crippen LogP) is 0.847. The molecule has 4 heteroatoms. The molecule has 1 atom stereocenters. The highest BCUT2D eigenvalue weighted by Gasteiger charge is 2.23. The van der Waals surface area contributed by atoms with Gasteiger partial charge in [-0.1, -0.05) is 12.1 Å². The zero-order valence-corrected chi connectivity index (χ0v) is 8.25. The summed E-state index contributed by atoms with van der Waals surface area (Å²) in [5.41, 5.74) is 5.34. The molecule has 4 N–H and O–H groups in total. The summed E-state index contributed by atoms with van der Waals surface area (Å²) >= 11 is 4.05. The first kappa shape index (κ1) is 10.4. The topological polar surface area (TPSA) is 66.5 Å². The molecule has 0 saturated heterocycles. The summed E-state index contributed by atoms with van der Waals surface area (Å²) in [6.45, 7) is 1.42. The highest BCUT2D eigenvalue weighted by molar-refractivity contribution is 7.80. The number of rotatable bonds is 2. The van der Waals surface area contributed by atoms with Crippen LogP contribution in [0.2, 0.25) is 0 Å². The Balaban J connectivity index is 3.22. The van der Waals surface area contributed by atoms with Gasteiger partial charge in [-0.25, -0.2) is 0 Å². The van der Waals surface area contributed by atoms with Crippen molar-refractivity contribution >= 4 is 12.6 Å². The molecule has 3 nitrogen and oxygen atoms in total. The molecule has 0 unspecified atom stereocenters. The van der Waals surface area contributed by atoms with Gasteiger partial charge in [0.1, 0.15) is 5.75 Å². The maximum absolute atomic E-state index is 9.60. The number of hydrogen-bond donors (Lipinski definition) is 4. The summed E-state index contributed by atoms with van der Waals surface area (Å²) in [5, 5.41) is 18.6. The van der Waals surface area contributed by atoms with Crippen molar-refractivity contribution in [2.24, 2.45) is 5.73 Å². The first-order chi connectivity index (χ1) is 5.99. The van der Waals surface area contributed by atoms with Crippen LogP contribution in [0.25, 0.3) is 0 Å². The molecule has 0 radical (unpaired) electrons. The van der Waals surface area contributed by atoms with E-state index < -0.39 is 5.54 Å². The minimum Gasteiger partial charge on any atom is -0.506 e. The number of nitrogens with two attached hydrogens (primary N) is 1. The van der Waals surface area contributed by atoms with Crippen LogP contribution in [-0.2, 0) is 5.54 Å². The third-order valence-electron chi connectivity index (χ3n) is 1.96. The normalized spacial score (nSPS) is 15.4. The fourth-order valence-electron chi connectivity index (χ4n) is 1.08. The monoisotopic (exact) mass is 199 g/mol. The van der Waals surface area contributed by atoms with E-state index in [1.54, 1.807) is 25.1 Å². The molecular weight excluding hydrogens is 186 g/mol. The second kappa shape index (κ2) is 3.57. The zero-order valence-electron chi connectivity index (χ0n) is 7.36. The Kier molecular flexibility index (Phi) is 2.85. The molecule has 72 valence electrons. The lowest BCUT2D eigenvalue weighted by atomic mass is 9.93. The molecule has 0 amide bonds. The van der Waals surface area contributed by atoms with E-state index in [-0.39, 0.29) is 12.4 Å². The van der Waals surface area contributed by atoms with Crippen LogP contribution in [0.3, 0.4) is 0 Å². The van der Waals surface area contributed by atoms with Gasteiger partial charge in [0.15, 0.2) is 0 Å². The van der Waals surface area contributed by atoms with Crippen molar-refractivity contribution in [3.05, 3.63) is 23.8 Å². The van der Waals surface area contributed by atoms with Crippen molar-refractivity contribution in [1.29, 1.82) is 0 Å². The second-order valence-electron chi connectivity index (χ2n) is 3.25. The Hall–Kier alpha value is -0.710. The molecule has 1 aromatic carbocycles. The molecule has 0 aliphatic rings. The van der Waals surface area contributed by atoms with Gasteiger partial charge < -0.3 is 15.9 Å². The van der Waals surface area contributed by atoms with E-state index >= 15 is 0 Å². The molecule has 13 heavy (non-hydrogen) atoms. The van der Waals surface area contributed by atoms with E-state index in [2.05, 4.69) is 12.6 Å². The highest BCUT2D eigenvalue weighted by Crippen LogP contribution is 2.31. The van der Waals surface area contributed by atoms with Crippen LogP contribution < -0.4 is 5.73 Å². The number of para-hydroxylation sites is 1. The molecule has 0 spiro atoms. The lowest BCUT2D eigenvalue weighted by Gasteiger charge is -2.23. The number of thiol groups is 1. The molecule has 1 aromatic rings. The van der Waals surface area contributed by atoms with Crippen LogP contribution in [0.5, 0.6) is 5.75 Å². The van der Waals surface area contributed by atoms with Crippen LogP contribution in [-0.4, -0.2) is 16.8 Å². The van der Waals surface area contributed by atoms with Crippen molar-refractivity contribution in [3.63, 3.8) is 0 Å². The Morgan fingerprint density at radius 1 is 1.54 bits per heavy atom. The molecule has 0 aliphatic carbocycles. The van der Waals surface area contributed by atoms with Crippen LogP contribution in [0.4, 0.5) is 0 Å². The van der Waals surface area contributed by atoms with Crippen molar-refractivity contribution < 1.29 is 10.2 Å².